The van der Waals surface area contributed by atoms with E-state index >= 15 is 0 Å². The summed E-state index contributed by atoms with van der Waals surface area (Å²) in [6.45, 7) is 2.82. The Labute approximate surface area is 315 Å². The van der Waals surface area contributed by atoms with E-state index < -0.39 is 0 Å². The third-order valence-electron chi connectivity index (χ3n) is 11.1. The van der Waals surface area contributed by atoms with Crippen LogP contribution in [0.4, 0.5) is 17.1 Å². The van der Waals surface area contributed by atoms with Gasteiger partial charge < -0.3 is 21.7 Å². The monoisotopic (exact) mass is 700 g/mol. The van der Waals surface area contributed by atoms with Crippen LogP contribution in [0.2, 0.25) is 0 Å². The van der Waals surface area contributed by atoms with Crippen LogP contribution in [0.3, 0.4) is 0 Å². The van der Waals surface area contributed by atoms with E-state index in [0.717, 1.165) is 62.6 Å². The number of nitrogens with one attached hydrogen (secondary N) is 4. The lowest BCUT2D eigenvalue weighted by Gasteiger charge is -2.29. The van der Waals surface area contributed by atoms with Gasteiger partial charge in [0.25, 0.3) is 0 Å². The molecular formula is C48H40N6. The van der Waals surface area contributed by atoms with Crippen molar-refractivity contribution in [2.75, 3.05) is 16.4 Å². The summed E-state index contributed by atoms with van der Waals surface area (Å²) in [6, 6.07) is 36.8. The van der Waals surface area contributed by atoms with Crippen LogP contribution in [-0.4, -0.2) is 11.0 Å². The zero-order valence-electron chi connectivity index (χ0n) is 30.0. The Morgan fingerprint density at radius 3 is 2.57 bits per heavy atom. The van der Waals surface area contributed by atoms with E-state index in [9.17, 15) is 0 Å². The molecule has 3 aliphatic heterocycles. The molecule has 6 nitrogen and oxygen atoms in total. The van der Waals surface area contributed by atoms with E-state index in [1.165, 1.54) is 38.6 Å². The van der Waals surface area contributed by atoms with Crippen LogP contribution >= 0.6 is 0 Å². The second kappa shape index (κ2) is 13.1. The van der Waals surface area contributed by atoms with Gasteiger partial charge >= 0.3 is 0 Å². The number of nitrogens with two attached hydrogens (primary N) is 1. The molecule has 0 radical (unpaired) electrons. The number of hydrogen-bond acceptors (Lipinski definition) is 6. The second-order valence-electron chi connectivity index (χ2n) is 14.3. The third-order valence-corrected chi connectivity index (χ3v) is 11.1. The van der Waals surface area contributed by atoms with E-state index in [1.807, 2.05) is 13.0 Å². The van der Waals surface area contributed by atoms with E-state index in [2.05, 4.69) is 173 Å². The highest BCUT2D eigenvalue weighted by atomic mass is 15.2. The minimum atomic E-state index is -0.0458. The fraction of sp³-hybridized carbons (Fsp3) is 0.104. The summed E-state index contributed by atoms with van der Waals surface area (Å²) >= 11 is 0. The number of nitrogens with zero attached hydrogens (tertiary/aromatic N) is 1. The van der Waals surface area contributed by atoms with Gasteiger partial charge in [-0.2, -0.15) is 0 Å². The Bertz CT molecular complexity index is 2690. The van der Waals surface area contributed by atoms with Gasteiger partial charge in [0.15, 0.2) is 0 Å². The van der Waals surface area contributed by atoms with Gasteiger partial charge in [-0.3, -0.25) is 5.32 Å². The zero-order chi connectivity index (χ0) is 36.2. The van der Waals surface area contributed by atoms with E-state index in [4.69, 9.17) is 10.7 Å². The Morgan fingerprint density at radius 1 is 0.778 bits per heavy atom. The fourth-order valence-corrected chi connectivity index (χ4v) is 8.24. The van der Waals surface area contributed by atoms with Crippen LogP contribution in [0.5, 0.6) is 0 Å². The molecule has 262 valence electrons. The summed E-state index contributed by atoms with van der Waals surface area (Å²) in [6.07, 6.45) is 19.7. The maximum atomic E-state index is 6.65. The molecular weight excluding hydrogens is 661 g/mol. The Kier molecular flexibility index (Phi) is 7.77. The Morgan fingerprint density at radius 2 is 1.65 bits per heavy atom. The molecule has 0 saturated heterocycles. The molecule has 6 heteroatoms. The van der Waals surface area contributed by atoms with Crippen molar-refractivity contribution in [3.05, 3.63) is 190 Å². The van der Waals surface area contributed by atoms with E-state index in [-0.39, 0.29) is 18.2 Å². The van der Waals surface area contributed by atoms with Crippen molar-refractivity contribution in [3.63, 3.8) is 0 Å². The van der Waals surface area contributed by atoms with Crippen LogP contribution in [-0.2, 0) is 6.54 Å². The van der Waals surface area contributed by atoms with Crippen LogP contribution in [0.25, 0.3) is 45.1 Å². The number of rotatable bonds is 5. The molecule has 6 N–H and O–H groups in total. The molecule has 3 unspecified atom stereocenters. The quantitative estimate of drug-likeness (QED) is 0.115. The third kappa shape index (κ3) is 5.59. The second-order valence-corrected chi connectivity index (χ2v) is 14.3. The summed E-state index contributed by atoms with van der Waals surface area (Å²) in [5, 5.41) is 18.4. The number of hydrogen-bond donors (Lipinski definition) is 5. The first-order valence-corrected chi connectivity index (χ1v) is 18.7. The summed E-state index contributed by atoms with van der Waals surface area (Å²) in [5.41, 5.74) is 22.0. The van der Waals surface area contributed by atoms with Crippen molar-refractivity contribution in [2.24, 2.45) is 0 Å². The molecule has 0 fully saturated rings. The van der Waals surface area contributed by atoms with Gasteiger partial charge in [-0.1, -0.05) is 134 Å². The van der Waals surface area contributed by atoms with Crippen molar-refractivity contribution >= 4 is 62.2 Å². The molecule has 5 aromatic carbocycles. The van der Waals surface area contributed by atoms with Crippen molar-refractivity contribution < 1.29 is 0 Å². The number of allylic oxidation sites excluding steroid dienone is 5. The lowest BCUT2D eigenvalue weighted by atomic mass is 9.86. The molecule has 0 bridgehead atoms. The molecule has 0 amide bonds. The minimum Gasteiger partial charge on any atom is -0.397 e. The number of fused-ring (bicyclic) bond motifs is 5. The van der Waals surface area contributed by atoms with Crippen LogP contribution in [0.1, 0.15) is 58.2 Å². The molecule has 54 heavy (non-hydrogen) atoms. The molecule has 1 aliphatic carbocycles. The summed E-state index contributed by atoms with van der Waals surface area (Å²) in [7, 11) is 0. The number of aromatic nitrogens is 1. The predicted molar refractivity (Wildman–Crippen MR) is 226 cm³/mol. The number of para-hydroxylation sites is 1. The first-order valence-electron chi connectivity index (χ1n) is 18.7. The maximum absolute atomic E-state index is 6.65. The molecule has 1 aromatic heterocycles. The average molecular weight is 701 g/mol. The molecule has 0 saturated carbocycles. The van der Waals surface area contributed by atoms with Gasteiger partial charge in [0, 0.05) is 23.3 Å². The molecule has 10 rings (SSSR count). The standard InChI is InChI=1S/C48H40N6/c1-2-7-31-14-15-32-20-24-42(53-47(32)46(31)49)39-22-21-36(37-9-4-5-10-38(37)39)33-16-12-29-18-23-41(51-44(29)26-33)34-17-13-30-19-25-43(52-45(30)27-34)48-50-28-35-8-3-6-11-40(35)54-48/h2-27,42,44,48,50-51,53-54H,28,49H2,1H3/b7-2-. The van der Waals surface area contributed by atoms with Crippen molar-refractivity contribution in [2.45, 2.75) is 31.7 Å². The van der Waals surface area contributed by atoms with Gasteiger partial charge in [0.1, 0.15) is 6.17 Å². The first-order chi connectivity index (χ1) is 26.6. The molecule has 4 aliphatic rings. The van der Waals surface area contributed by atoms with E-state index in [0.29, 0.717) is 0 Å². The highest BCUT2D eigenvalue weighted by Crippen LogP contribution is 2.41. The molecule has 3 atom stereocenters. The molecule has 6 aromatic rings. The normalized spacial score (nSPS) is 19.9. The number of pyridine rings is 1. The lowest BCUT2D eigenvalue weighted by Crippen LogP contribution is -2.33. The highest BCUT2D eigenvalue weighted by molar-refractivity contribution is 6.00. The largest absolute Gasteiger partial charge is 0.397 e. The summed E-state index contributed by atoms with van der Waals surface area (Å²) in [4.78, 5) is 5.12. The number of dihydropyridines is 1. The topological polar surface area (TPSA) is 87.0 Å². The van der Waals surface area contributed by atoms with Crippen LogP contribution < -0.4 is 27.0 Å². The SMILES string of the molecule is C/C=C\c1ccc2c(c1N)NC(c1ccc(C3=CC4NC(c5ccc6ccc(C7NCc8ccccc8N7)nc6c5)=CC=C4C=C3)c3ccccc13)C=C2. The minimum absolute atomic E-state index is 0.00263. The number of nitrogen functional groups attached to an aromatic ring is 1. The van der Waals surface area contributed by atoms with Crippen molar-refractivity contribution in [1.29, 1.82) is 0 Å². The Balaban J connectivity index is 0.923. The average Bonchev–Trinajstić information content (AvgIpc) is 3.23. The van der Waals surface area contributed by atoms with Crippen LogP contribution in [0, 0.1) is 0 Å². The highest BCUT2D eigenvalue weighted by Gasteiger charge is 2.24. The van der Waals surface area contributed by atoms with Gasteiger partial charge in [-0.15, -0.1) is 0 Å². The number of anilines is 3. The molecule has 0 spiro atoms. The van der Waals surface area contributed by atoms with Gasteiger partial charge in [0.2, 0.25) is 0 Å². The summed E-state index contributed by atoms with van der Waals surface area (Å²) in [5.74, 6) is 0. The van der Waals surface area contributed by atoms with Crippen molar-refractivity contribution in [3.8, 4) is 0 Å². The van der Waals surface area contributed by atoms with Gasteiger partial charge in [0.05, 0.1) is 34.7 Å². The summed E-state index contributed by atoms with van der Waals surface area (Å²) < 4.78 is 0. The van der Waals surface area contributed by atoms with Crippen molar-refractivity contribution in [1.82, 2.24) is 15.6 Å². The molecule has 4 heterocycles. The maximum Gasteiger partial charge on any atom is 0.121 e. The lowest BCUT2D eigenvalue weighted by molar-refractivity contribution is 0.555. The Hall–Kier alpha value is -6.63. The number of benzene rings is 5. The smallest absolute Gasteiger partial charge is 0.121 e. The van der Waals surface area contributed by atoms with Gasteiger partial charge in [-0.25, -0.2) is 4.98 Å². The fourth-order valence-electron chi connectivity index (χ4n) is 8.24. The van der Waals surface area contributed by atoms with E-state index in [1.54, 1.807) is 0 Å². The first kappa shape index (κ1) is 32.1. The van der Waals surface area contributed by atoms with Gasteiger partial charge in [-0.05, 0) is 86.5 Å². The zero-order valence-corrected chi connectivity index (χ0v) is 30.0. The predicted octanol–water partition coefficient (Wildman–Crippen LogP) is 10.3. The van der Waals surface area contributed by atoms with Crippen LogP contribution in [0.15, 0.2) is 151 Å².